The van der Waals surface area contributed by atoms with Gasteiger partial charge in [-0.3, -0.25) is 0 Å². The maximum atomic E-state index is 12.0. The molecule has 1 aromatic rings. The molecule has 0 unspecified atom stereocenters. The average Bonchev–Trinajstić information content (AvgIpc) is 2.56. The number of hydrogen-bond donors (Lipinski definition) is 1. The van der Waals surface area contributed by atoms with E-state index < -0.39 is 10.0 Å². The zero-order valence-electron chi connectivity index (χ0n) is 9.09. The summed E-state index contributed by atoms with van der Waals surface area (Å²) in [5.41, 5.74) is 0. The van der Waals surface area contributed by atoms with Crippen molar-refractivity contribution in [3.8, 4) is 0 Å². The standard InChI is InChI=1S/C8H14ClN3O3S/c1-3-12(4-5-13)16(14,15)8-7(9)11(2)6-10-8/h6,13H,3-5H2,1-2H3. The summed E-state index contributed by atoms with van der Waals surface area (Å²) in [4.78, 5) is 3.76. The van der Waals surface area contributed by atoms with E-state index in [0.717, 1.165) is 4.31 Å². The van der Waals surface area contributed by atoms with Gasteiger partial charge in [0, 0.05) is 20.1 Å². The van der Waals surface area contributed by atoms with E-state index in [-0.39, 0.29) is 29.9 Å². The molecule has 6 nitrogen and oxygen atoms in total. The number of likely N-dealkylation sites (N-methyl/N-ethyl adjacent to an activating group) is 1. The van der Waals surface area contributed by atoms with E-state index in [1.54, 1.807) is 14.0 Å². The van der Waals surface area contributed by atoms with Gasteiger partial charge in [0.25, 0.3) is 10.0 Å². The Bertz CT molecular complexity index is 457. The van der Waals surface area contributed by atoms with Gasteiger partial charge in [0.05, 0.1) is 12.9 Å². The third kappa shape index (κ3) is 2.37. The lowest BCUT2D eigenvalue weighted by atomic mass is 10.6. The summed E-state index contributed by atoms with van der Waals surface area (Å²) in [6.07, 6.45) is 1.34. The average molecular weight is 268 g/mol. The van der Waals surface area contributed by atoms with Crippen molar-refractivity contribution in [2.45, 2.75) is 11.9 Å². The van der Waals surface area contributed by atoms with Crippen molar-refractivity contribution < 1.29 is 13.5 Å². The van der Waals surface area contributed by atoms with E-state index in [1.165, 1.54) is 10.9 Å². The van der Waals surface area contributed by atoms with Crippen LogP contribution in [0.2, 0.25) is 5.15 Å². The minimum absolute atomic E-state index is 0.0335. The quantitative estimate of drug-likeness (QED) is 0.820. The number of hydrogen-bond acceptors (Lipinski definition) is 4. The number of nitrogens with zero attached hydrogens (tertiary/aromatic N) is 3. The molecule has 0 saturated heterocycles. The normalized spacial score (nSPS) is 12.3. The van der Waals surface area contributed by atoms with E-state index >= 15 is 0 Å². The number of aryl methyl sites for hydroxylation is 1. The predicted molar refractivity (Wildman–Crippen MR) is 59.7 cm³/mol. The molecular formula is C8H14ClN3O3S. The van der Waals surface area contributed by atoms with Crippen LogP contribution in [0, 0.1) is 0 Å². The van der Waals surface area contributed by atoms with Gasteiger partial charge < -0.3 is 9.67 Å². The lowest BCUT2D eigenvalue weighted by Crippen LogP contribution is -2.33. The number of aliphatic hydroxyl groups excluding tert-OH is 1. The molecule has 0 aliphatic rings. The Morgan fingerprint density at radius 3 is 2.62 bits per heavy atom. The lowest BCUT2D eigenvalue weighted by molar-refractivity contribution is 0.257. The summed E-state index contributed by atoms with van der Waals surface area (Å²) < 4.78 is 26.6. The van der Waals surface area contributed by atoms with Crippen LogP contribution in [-0.2, 0) is 17.1 Å². The zero-order chi connectivity index (χ0) is 12.3. The maximum absolute atomic E-state index is 12.0. The summed E-state index contributed by atoms with van der Waals surface area (Å²) in [6, 6.07) is 0. The van der Waals surface area contributed by atoms with E-state index in [1.807, 2.05) is 0 Å². The first-order valence-corrected chi connectivity index (χ1v) is 6.54. The van der Waals surface area contributed by atoms with Crippen molar-refractivity contribution in [3.05, 3.63) is 11.5 Å². The van der Waals surface area contributed by atoms with Crippen LogP contribution in [0.25, 0.3) is 0 Å². The number of rotatable bonds is 5. The first-order valence-electron chi connectivity index (χ1n) is 4.73. The highest BCUT2D eigenvalue weighted by Crippen LogP contribution is 2.21. The van der Waals surface area contributed by atoms with Crippen LogP contribution >= 0.6 is 11.6 Å². The molecule has 0 aromatic carbocycles. The Kier molecular flexibility index (Phi) is 4.31. The van der Waals surface area contributed by atoms with Gasteiger partial charge in [-0.25, -0.2) is 13.4 Å². The van der Waals surface area contributed by atoms with Crippen LogP contribution in [0.1, 0.15) is 6.92 Å². The van der Waals surface area contributed by atoms with E-state index in [0.29, 0.717) is 0 Å². The first kappa shape index (κ1) is 13.4. The molecule has 0 spiro atoms. The Hall–Kier alpha value is -0.630. The molecule has 0 radical (unpaired) electrons. The third-order valence-electron chi connectivity index (χ3n) is 2.12. The molecular weight excluding hydrogens is 254 g/mol. The number of aliphatic hydroxyl groups is 1. The molecule has 8 heteroatoms. The Balaban J connectivity index is 3.15. The van der Waals surface area contributed by atoms with Crippen LogP contribution in [-0.4, -0.2) is 47.1 Å². The fourth-order valence-electron chi connectivity index (χ4n) is 1.25. The van der Waals surface area contributed by atoms with Crippen molar-refractivity contribution in [2.24, 2.45) is 7.05 Å². The Labute approximate surface area is 99.5 Å². The van der Waals surface area contributed by atoms with Gasteiger partial charge in [-0.1, -0.05) is 18.5 Å². The number of halogens is 1. The van der Waals surface area contributed by atoms with Crippen LogP contribution in [0.5, 0.6) is 0 Å². The molecule has 0 saturated carbocycles. The molecule has 0 aliphatic carbocycles. The molecule has 0 bridgehead atoms. The summed E-state index contributed by atoms with van der Waals surface area (Å²) in [6.45, 7) is 1.74. The molecule has 1 aromatic heterocycles. The molecule has 1 N–H and O–H groups in total. The molecule has 1 heterocycles. The topological polar surface area (TPSA) is 75.4 Å². The monoisotopic (exact) mass is 267 g/mol. The second kappa shape index (κ2) is 5.13. The van der Waals surface area contributed by atoms with E-state index in [9.17, 15) is 8.42 Å². The second-order valence-electron chi connectivity index (χ2n) is 3.17. The fourth-order valence-corrected chi connectivity index (χ4v) is 3.08. The number of imidazole rings is 1. The first-order chi connectivity index (χ1) is 7.45. The van der Waals surface area contributed by atoms with Gasteiger partial charge >= 0.3 is 0 Å². The lowest BCUT2D eigenvalue weighted by Gasteiger charge is -2.17. The molecule has 16 heavy (non-hydrogen) atoms. The molecule has 1 rings (SSSR count). The van der Waals surface area contributed by atoms with Crippen LogP contribution in [0.15, 0.2) is 11.4 Å². The van der Waals surface area contributed by atoms with Crippen LogP contribution in [0.3, 0.4) is 0 Å². The number of aromatic nitrogens is 2. The largest absolute Gasteiger partial charge is 0.395 e. The molecule has 0 aliphatic heterocycles. The van der Waals surface area contributed by atoms with Gasteiger partial charge in [-0.2, -0.15) is 4.31 Å². The van der Waals surface area contributed by atoms with Gasteiger partial charge in [0.15, 0.2) is 0 Å². The molecule has 0 atom stereocenters. The fraction of sp³-hybridized carbons (Fsp3) is 0.625. The SMILES string of the molecule is CCN(CCO)S(=O)(=O)c1ncn(C)c1Cl. The van der Waals surface area contributed by atoms with Crippen molar-refractivity contribution in [1.29, 1.82) is 0 Å². The Morgan fingerprint density at radius 1 is 1.62 bits per heavy atom. The van der Waals surface area contributed by atoms with Crippen molar-refractivity contribution >= 4 is 21.6 Å². The highest BCUT2D eigenvalue weighted by Gasteiger charge is 2.28. The summed E-state index contributed by atoms with van der Waals surface area (Å²) >= 11 is 5.83. The van der Waals surface area contributed by atoms with Gasteiger partial charge in [0.1, 0.15) is 5.15 Å². The molecule has 0 fully saturated rings. The van der Waals surface area contributed by atoms with Crippen molar-refractivity contribution in [2.75, 3.05) is 19.7 Å². The van der Waals surface area contributed by atoms with E-state index in [4.69, 9.17) is 16.7 Å². The highest BCUT2D eigenvalue weighted by molar-refractivity contribution is 7.89. The second-order valence-corrected chi connectivity index (χ2v) is 5.38. The minimum atomic E-state index is -3.71. The molecule has 0 amide bonds. The smallest absolute Gasteiger partial charge is 0.263 e. The van der Waals surface area contributed by atoms with Gasteiger partial charge in [-0.05, 0) is 0 Å². The predicted octanol–water partition coefficient (Wildman–Crippen LogP) is 0.0764. The van der Waals surface area contributed by atoms with Gasteiger partial charge in [-0.15, -0.1) is 0 Å². The maximum Gasteiger partial charge on any atom is 0.263 e. The van der Waals surface area contributed by atoms with Gasteiger partial charge in [0.2, 0.25) is 5.03 Å². The zero-order valence-corrected chi connectivity index (χ0v) is 10.7. The van der Waals surface area contributed by atoms with Crippen molar-refractivity contribution in [1.82, 2.24) is 13.9 Å². The van der Waals surface area contributed by atoms with Crippen molar-refractivity contribution in [3.63, 3.8) is 0 Å². The summed E-state index contributed by atoms with van der Waals surface area (Å²) in [7, 11) is -2.11. The Morgan fingerprint density at radius 2 is 2.25 bits per heavy atom. The summed E-state index contributed by atoms with van der Waals surface area (Å²) in [5, 5.41) is 8.68. The van der Waals surface area contributed by atoms with Crippen LogP contribution in [0.4, 0.5) is 0 Å². The third-order valence-corrected chi connectivity index (χ3v) is 4.59. The molecule has 92 valence electrons. The summed E-state index contributed by atoms with van der Waals surface area (Å²) in [5.74, 6) is 0. The number of sulfonamides is 1. The van der Waals surface area contributed by atoms with E-state index in [2.05, 4.69) is 4.98 Å². The minimum Gasteiger partial charge on any atom is -0.395 e. The van der Waals surface area contributed by atoms with Crippen LogP contribution < -0.4 is 0 Å². The highest BCUT2D eigenvalue weighted by atomic mass is 35.5.